The predicted molar refractivity (Wildman–Crippen MR) is 126 cm³/mol. The number of hydrogen-bond donors (Lipinski definition) is 1. The molecule has 6 nitrogen and oxygen atoms in total. The number of likely N-dealkylation sites (tertiary alicyclic amines) is 1. The van der Waals surface area contributed by atoms with Crippen LogP contribution < -0.4 is 9.62 Å². The molecule has 0 radical (unpaired) electrons. The molecule has 0 unspecified atom stereocenters. The zero-order chi connectivity index (χ0) is 22.4. The zero-order valence-corrected chi connectivity index (χ0v) is 19.5. The van der Waals surface area contributed by atoms with Gasteiger partial charge in [-0.2, -0.15) is 0 Å². The van der Waals surface area contributed by atoms with Crippen LogP contribution >= 0.6 is 0 Å². The number of hydrogen-bond acceptors (Lipinski definition) is 4. The average Bonchev–Trinajstić information content (AvgIpc) is 2.72. The van der Waals surface area contributed by atoms with E-state index in [1.165, 1.54) is 29.1 Å². The fourth-order valence-electron chi connectivity index (χ4n) is 4.16. The van der Waals surface area contributed by atoms with Crippen molar-refractivity contribution in [3.05, 3.63) is 64.7 Å². The summed E-state index contributed by atoms with van der Waals surface area (Å²) < 4.78 is 26.0. The van der Waals surface area contributed by atoms with Crippen LogP contribution in [0.15, 0.2) is 42.5 Å². The second kappa shape index (κ2) is 10.3. The van der Waals surface area contributed by atoms with Crippen molar-refractivity contribution in [1.29, 1.82) is 0 Å². The van der Waals surface area contributed by atoms with Gasteiger partial charge < -0.3 is 5.32 Å². The lowest BCUT2D eigenvalue weighted by molar-refractivity contribution is -0.119. The first kappa shape index (κ1) is 23.3. The summed E-state index contributed by atoms with van der Waals surface area (Å²) in [7, 11) is -3.60. The Bertz CT molecular complexity index is 994. The molecule has 1 aliphatic heterocycles. The summed E-state index contributed by atoms with van der Waals surface area (Å²) in [5.41, 5.74) is 4.47. The maximum atomic E-state index is 12.6. The van der Waals surface area contributed by atoms with Crippen LogP contribution in [-0.2, 0) is 27.9 Å². The van der Waals surface area contributed by atoms with Gasteiger partial charge in [0.15, 0.2) is 0 Å². The van der Waals surface area contributed by atoms with Crippen LogP contribution in [0, 0.1) is 13.8 Å². The van der Waals surface area contributed by atoms with Crippen LogP contribution in [0.1, 0.15) is 41.5 Å². The first-order valence-electron chi connectivity index (χ1n) is 10.8. The molecule has 1 saturated heterocycles. The Balaban J connectivity index is 1.64. The smallest absolute Gasteiger partial charge is 0.241 e. The van der Waals surface area contributed by atoms with Gasteiger partial charge in [0.2, 0.25) is 15.9 Å². The number of sulfonamides is 1. The van der Waals surface area contributed by atoms with Crippen molar-refractivity contribution in [3.63, 3.8) is 0 Å². The number of para-hydroxylation sites is 1. The van der Waals surface area contributed by atoms with Gasteiger partial charge in [0.25, 0.3) is 0 Å². The molecule has 3 rings (SSSR count). The Morgan fingerprint density at radius 2 is 1.61 bits per heavy atom. The molecule has 1 aliphatic rings. The lowest BCUT2D eigenvalue weighted by atomic mass is 10.1. The number of benzene rings is 2. The molecule has 0 saturated carbocycles. The van der Waals surface area contributed by atoms with Crippen LogP contribution in [0.3, 0.4) is 0 Å². The van der Waals surface area contributed by atoms with Gasteiger partial charge in [0.1, 0.15) is 6.54 Å². The van der Waals surface area contributed by atoms with Gasteiger partial charge in [-0.3, -0.25) is 14.0 Å². The van der Waals surface area contributed by atoms with Crippen LogP contribution in [0.2, 0.25) is 0 Å². The van der Waals surface area contributed by atoms with E-state index < -0.39 is 10.0 Å². The highest BCUT2D eigenvalue weighted by Crippen LogP contribution is 2.26. The number of rotatable bonds is 8. The van der Waals surface area contributed by atoms with Crippen molar-refractivity contribution < 1.29 is 13.2 Å². The normalized spacial score (nSPS) is 14.9. The summed E-state index contributed by atoms with van der Waals surface area (Å²) in [5.74, 6) is -0.325. The topological polar surface area (TPSA) is 69.7 Å². The highest BCUT2D eigenvalue weighted by Gasteiger charge is 2.23. The van der Waals surface area contributed by atoms with Crippen molar-refractivity contribution in [1.82, 2.24) is 10.2 Å². The van der Waals surface area contributed by atoms with Gasteiger partial charge in [-0.1, -0.05) is 48.9 Å². The van der Waals surface area contributed by atoms with Crippen molar-refractivity contribution in [3.8, 4) is 0 Å². The van der Waals surface area contributed by atoms with Gasteiger partial charge in [0.05, 0.1) is 11.9 Å². The largest absolute Gasteiger partial charge is 0.350 e. The number of nitrogens with zero attached hydrogens (tertiary/aromatic N) is 2. The van der Waals surface area contributed by atoms with E-state index in [0.29, 0.717) is 12.2 Å². The Kier molecular flexibility index (Phi) is 7.73. The number of aryl methyl sites for hydroxylation is 2. The summed E-state index contributed by atoms with van der Waals surface area (Å²) in [6, 6.07) is 13.8. The second-order valence-electron chi connectivity index (χ2n) is 8.44. The molecular formula is C24H33N3O3S. The van der Waals surface area contributed by atoms with E-state index in [1.54, 1.807) is 0 Å². The van der Waals surface area contributed by atoms with Crippen LogP contribution in [-0.4, -0.2) is 45.1 Å². The second-order valence-corrected chi connectivity index (χ2v) is 10.4. The van der Waals surface area contributed by atoms with E-state index in [-0.39, 0.29) is 12.5 Å². The molecule has 0 bridgehead atoms. The lowest BCUT2D eigenvalue weighted by Crippen LogP contribution is -2.40. The first-order valence-corrected chi connectivity index (χ1v) is 12.7. The highest BCUT2D eigenvalue weighted by atomic mass is 32.2. The Hall–Kier alpha value is -2.38. The quantitative estimate of drug-likeness (QED) is 0.679. The van der Waals surface area contributed by atoms with Crippen LogP contribution in [0.25, 0.3) is 0 Å². The zero-order valence-electron chi connectivity index (χ0n) is 18.7. The Morgan fingerprint density at radius 3 is 2.26 bits per heavy atom. The molecule has 1 heterocycles. The van der Waals surface area contributed by atoms with E-state index >= 15 is 0 Å². The third-order valence-corrected chi connectivity index (χ3v) is 6.82. The monoisotopic (exact) mass is 443 g/mol. The molecule has 1 fully saturated rings. The van der Waals surface area contributed by atoms with Crippen molar-refractivity contribution in [2.75, 3.05) is 30.2 Å². The summed E-state index contributed by atoms with van der Waals surface area (Å²) in [5, 5.41) is 2.88. The number of carbonyl (C=O) groups is 1. The molecule has 0 atom stereocenters. The summed E-state index contributed by atoms with van der Waals surface area (Å²) in [4.78, 5) is 15.1. The molecule has 1 N–H and O–H groups in total. The standard InChI is InChI=1S/C24H33N3O3S/c1-19-9-7-10-20(2)24(19)27(31(3,29)30)18-23(28)25-16-21-11-8-12-22(15-21)17-26-13-5-4-6-14-26/h7-12,15H,4-6,13-14,16-18H2,1-3H3,(H,25,28). The molecule has 1 amide bonds. The van der Waals surface area contributed by atoms with Crippen LogP contribution in [0.4, 0.5) is 5.69 Å². The van der Waals surface area contributed by atoms with Crippen molar-refractivity contribution in [2.24, 2.45) is 0 Å². The van der Waals surface area contributed by atoms with E-state index in [2.05, 4.69) is 22.3 Å². The van der Waals surface area contributed by atoms with Gasteiger partial charge in [-0.05, 0) is 62.0 Å². The van der Waals surface area contributed by atoms with Gasteiger partial charge in [-0.15, -0.1) is 0 Å². The average molecular weight is 444 g/mol. The number of carbonyl (C=O) groups excluding carboxylic acids is 1. The third-order valence-electron chi connectivity index (χ3n) is 5.71. The van der Waals surface area contributed by atoms with Crippen molar-refractivity contribution in [2.45, 2.75) is 46.2 Å². The van der Waals surface area contributed by atoms with Gasteiger partial charge in [-0.25, -0.2) is 8.42 Å². The minimum Gasteiger partial charge on any atom is -0.350 e. The summed E-state index contributed by atoms with van der Waals surface area (Å²) in [6.45, 7) is 7.05. The summed E-state index contributed by atoms with van der Waals surface area (Å²) in [6.07, 6.45) is 4.96. The third kappa shape index (κ3) is 6.55. The molecule has 2 aromatic carbocycles. The minimum absolute atomic E-state index is 0.238. The Morgan fingerprint density at radius 1 is 1.00 bits per heavy atom. The molecule has 2 aromatic rings. The number of nitrogens with one attached hydrogen (secondary N) is 1. The highest BCUT2D eigenvalue weighted by molar-refractivity contribution is 7.92. The maximum Gasteiger partial charge on any atom is 0.241 e. The summed E-state index contributed by atoms with van der Waals surface area (Å²) >= 11 is 0. The lowest BCUT2D eigenvalue weighted by Gasteiger charge is -2.26. The van der Waals surface area contributed by atoms with Gasteiger partial charge >= 0.3 is 0 Å². The van der Waals surface area contributed by atoms with E-state index in [4.69, 9.17) is 0 Å². The predicted octanol–water partition coefficient (Wildman–Crippen LogP) is 3.37. The molecule has 7 heteroatoms. The number of piperidine rings is 1. The molecular weight excluding hydrogens is 410 g/mol. The Labute approximate surface area is 186 Å². The van der Waals surface area contributed by atoms with Gasteiger partial charge in [0, 0.05) is 13.1 Å². The van der Waals surface area contributed by atoms with E-state index in [9.17, 15) is 13.2 Å². The number of anilines is 1. The number of amides is 1. The molecule has 0 aromatic heterocycles. The minimum atomic E-state index is -3.60. The maximum absolute atomic E-state index is 12.6. The fraction of sp³-hybridized carbons (Fsp3) is 0.458. The molecule has 0 spiro atoms. The van der Waals surface area contributed by atoms with Crippen molar-refractivity contribution >= 4 is 21.6 Å². The van der Waals surface area contributed by atoms with E-state index in [0.717, 1.165) is 42.6 Å². The molecule has 31 heavy (non-hydrogen) atoms. The molecule has 0 aliphatic carbocycles. The SMILES string of the molecule is Cc1cccc(C)c1N(CC(=O)NCc1cccc(CN2CCCCC2)c1)S(C)(=O)=O. The van der Waals surface area contributed by atoms with Crippen LogP contribution in [0.5, 0.6) is 0 Å². The first-order chi connectivity index (χ1) is 14.7. The fourth-order valence-corrected chi connectivity index (χ4v) is 5.13. The van der Waals surface area contributed by atoms with E-state index in [1.807, 2.05) is 44.2 Å². The molecule has 168 valence electrons.